The second-order valence-electron chi connectivity index (χ2n) is 19.4. The number of likely N-dealkylation sites (tertiary alicyclic amines) is 1. The lowest BCUT2D eigenvalue weighted by molar-refractivity contribution is -0.145. The molecule has 2 aromatic heterocycles. The van der Waals surface area contributed by atoms with E-state index < -0.39 is 29.2 Å². The fourth-order valence-electron chi connectivity index (χ4n) is 9.68. The number of esters is 1. The number of thiazole rings is 1. The van der Waals surface area contributed by atoms with Crippen LogP contribution in [0.1, 0.15) is 80.1 Å². The molecule has 8 rings (SSSR count). The number of hydrogen-bond donors (Lipinski definition) is 3. The van der Waals surface area contributed by atoms with Gasteiger partial charge in [-0.15, -0.1) is 11.3 Å². The normalized spacial score (nSPS) is 27.2. The van der Waals surface area contributed by atoms with Gasteiger partial charge in [0.1, 0.15) is 52.6 Å². The highest BCUT2D eigenvalue weighted by molar-refractivity contribution is 7.14. The van der Waals surface area contributed by atoms with Crippen molar-refractivity contribution in [1.82, 2.24) is 30.4 Å². The number of carbonyl (C=O) groups is 3. The lowest BCUT2D eigenvalue weighted by atomic mass is 9.85. The maximum absolute atomic E-state index is 14.9. The molecule has 5 fully saturated rings. The number of benzene rings is 1. The molecule has 5 aliphatic rings. The third kappa shape index (κ3) is 10.3. The van der Waals surface area contributed by atoms with Crippen LogP contribution < -0.4 is 25.4 Å². The number of hydrogen-bond acceptors (Lipinski definition) is 14. The van der Waals surface area contributed by atoms with E-state index in [2.05, 4.69) is 41.6 Å². The van der Waals surface area contributed by atoms with E-state index in [0.29, 0.717) is 89.9 Å². The van der Waals surface area contributed by atoms with E-state index >= 15 is 0 Å². The highest BCUT2D eigenvalue weighted by Gasteiger charge is 2.60. The van der Waals surface area contributed by atoms with Gasteiger partial charge in [-0.1, -0.05) is 45.7 Å². The van der Waals surface area contributed by atoms with Crippen LogP contribution in [0.2, 0.25) is 5.02 Å². The van der Waals surface area contributed by atoms with Gasteiger partial charge in [-0.05, 0) is 74.8 Å². The summed E-state index contributed by atoms with van der Waals surface area (Å²) in [5.74, 6) is 1.95. The highest BCUT2D eigenvalue weighted by atomic mass is 35.5. The lowest BCUT2D eigenvalue weighted by Crippen LogP contribution is -2.58. The van der Waals surface area contributed by atoms with Crippen molar-refractivity contribution >= 4 is 56.9 Å². The van der Waals surface area contributed by atoms with Crippen LogP contribution in [0.3, 0.4) is 0 Å². The monoisotopic (exact) mass is 909 g/mol. The Hall–Kier alpha value is -3.96. The standard InChI is InChI=1S/C46H64ClN7O8S/c1-8-29-22-46(29,42(56)58-7)48-23-30-20-32(24-54(30)41(55)40(45(4,5)6)52-44(57)62-31-18-27-17-28(27)19-31)61-37-21-34(35-25-63-43(51-35)49-26(2)3)50-39-33(37)9-10-36(38(39)47)60-16-13-53-11-14-59-15-12-53/h9-10,21,25-32,40,48H,8,11-20,22-24H2,1-7H3,(H,49,51)(H,52,57)/t27-,28+,29-,30+,31+,32-,40-,46-/m1/s1. The number of anilines is 1. The predicted molar refractivity (Wildman–Crippen MR) is 243 cm³/mol. The van der Waals surface area contributed by atoms with E-state index in [1.165, 1.54) is 24.9 Å². The molecule has 2 amide bonds. The van der Waals surface area contributed by atoms with Gasteiger partial charge in [-0.2, -0.15) is 0 Å². The molecule has 0 spiro atoms. The minimum Gasteiger partial charge on any atom is -0.491 e. The number of ether oxygens (including phenoxy) is 5. The van der Waals surface area contributed by atoms with Gasteiger partial charge in [-0.25, -0.2) is 14.8 Å². The Bertz CT molecular complexity index is 2130. The summed E-state index contributed by atoms with van der Waals surface area (Å²) in [4.78, 5) is 55.4. The van der Waals surface area contributed by atoms with Crippen molar-refractivity contribution in [3.8, 4) is 22.9 Å². The van der Waals surface area contributed by atoms with Gasteiger partial charge in [0.05, 0.1) is 38.1 Å². The van der Waals surface area contributed by atoms with Crippen molar-refractivity contribution in [2.75, 3.05) is 65.0 Å². The molecular formula is C46H64ClN7O8S. The number of rotatable bonds is 17. The van der Waals surface area contributed by atoms with Crippen molar-refractivity contribution in [2.45, 2.75) is 116 Å². The minimum atomic E-state index is -0.881. The molecule has 8 atom stereocenters. The summed E-state index contributed by atoms with van der Waals surface area (Å²) in [5, 5.41) is 13.7. The zero-order valence-electron chi connectivity index (χ0n) is 37.7. The molecule has 1 aromatic carbocycles. The molecule has 63 heavy (non-hydrogen) atoms. The molecule has 4 heterocycles. The zero-order valence-corrected chi connectivity index (χ0v) is 39.2. The second kappa shape index (κ2) is 18.9. The smallest absolute Gasteiger partial charge is 0.408 e. The zero-order chi connectivity index (χ0) is 44.6. The number of morpholine rings is 1. The number of halogens is 1. The summed E-state index contributed by atoms with van der Waals surface area (Å²) in [6.07, 6.45) is 3.73. The van der Waals surface area contributed by atoms with Gasteiger partial charge < -0.3 is 39.2 Å². The molecule has 17 heteroatoms. The third-order valence-electron chi connectivity index (χ3n) is 13.4. The van der Waals surface area contributed by atoms with Crippen LogP contribution in [0.5, 0.6) is 11.5 Å². The van der Waals surface area contributed by atoms with Crippen LogP contribution in [-0.2, 0) is 23.8 Å². The fraction of sp³-hybridized carbons (Fsp3) is 0.674. The third-order valence-corrected chi connectivity index (χ3v) is 14.5. The van der Waals surface area contributed by atoms with Crippen LogP contribution in [0.4, 0.5) is 9.93 Å². The van der Waals surface area contributed by atoms with E-state index in [4.69, 9.17) is 45.3 Å². The van der Waals surface area contributed by atoms with Gasteiger partial charge >= 0.3 is 12.1 Å². The Balaban J connectivity index is 1.08. The van der Waals surface area contributed by atoms with Crippen molar-refractivity contribution < 1.29 is 38.1 Å². The van der Waals surface area contributed by atoms with Crippen molar-refractivity contribution in [2.24, 2.45) is 23.2 Å². The first-order valence-electron chi connectivity index (χ1n) is 22.7. The summed E-state index contributed by atoms with van der Waals surface area (Å²) >= 11 is 8.65. The summed E-state index contributed by atoms with van der Waals surface area (Å²) < 4.78 is 29.8. The second-order valence-corrected chi connectivity index (χ2v) is 20.6. The summed E-state index contributed by atoms with van der Waals surface area (Å²) in [5.41, 5.74) is 0.303. The van der Waals surface area contributed by atoms with E-state index in [1.807, 2.05) is 44.4 Å². The van der Waals surface area contributed by atoms with E-state index in [9.17, 15) is 14.4 Å². The number of methoxy groups -OCH3 is 1. The molecule has 15 nitrogen and oxygen atoms in total. The van der Waals surface area contributed by atoms with Crippen LogP contribution in [0, 0.1) is 23.2 Å². The molecule has 0 unspecified atom stereocenters. The largest absolute Gasteiger partial charge is 0.491 e. The highest BCUT2D eigenvalue weighted by Crippen LogP contribution is 2.52. The average Bonchev–Trinajstić information content (AvgIpc) is 3.95. The topological polar surface area (TPSA) is 166 Å². The van der Waals surface area contributed by atoms with Gasteiger partial charge in [0.15, 0.2) is 5.13 Å². The fourth-order valence-corrected chi connectivity index (χ4v) is 10.8. The van der Waals surface area contributed by atoms with Crippen molar-refractivity contribution in [3.05, 3.63) is 28.6 Å². The number of pyridine rings is 1. The predicted octanol–water partition coefficient (Wildman–Crippen LogP) is 6.76. The summed E-state index contributed by atoms with van der Waals surface area (Å²) in [6.45, 7) is 16.9. The van der Waals surface area contributed by atoms with Gasteiger partial charge in [0, 0.05) is 61.5 Å². The van der Waals surface area contributed by atoms with Gasteiger partial charge in [-0.3, -0.25) is 19.8 Å². The molecule has 0 radical (unpaired) electrons. The Kier molecular flexibility index (Phi) is 13.7. The van der Waals surface area contributed by atoms with Crippen LogP contribution in [0.15, 0.2) is 23.6 Å². The molecular weight excluding hydrogens is 846 g/mol. The molecule has 3 aromatic rings. The van der Waals surface area contributed by atoms with Crippen LogP contribution in [0.25, 0.3) is 22.3 Å². The minimum absolute atomic E-state index is 0.126. The molecule has 3 N–H and O–H groups in total. The van der Waals surface area contributed by atoms with Gasteiger partial charge in [0.25, 0.3) is 0 Å². The molecule has 3 aliphatic carbocycles. The van der Waals surface area contributed by atoms with E-state index in [-0.39, 0.29) is 42.5 Å². The molecule has 2 aliphatic heterocycles. The van der Waals surface area contributed by atoms with Crippen LogP contribution in [-0.4, -0.2) is 133 Å². The number of carbonyl (C=O) groups excluding carboxylic acids is 3. The maximum Gasteiger partial charge on any atom is 0.408 e. The number of alkyl carbamates (subject to hydrolysis) is 1. The molecule has 344 valence electrons. The first-order chi connectivity index (χ1) is 30.1. The SMILES string of the molecule is CC[C@@H]1C[C@]1(NC[C@@H]1C[C@@H](Oc2cc(-c3csc(NC(C)C)n3)nc3c(Cl)c(OCCN4CCOCC4)ccc23)CN1C(=O)[C@@H](NC(=O)O[C@@H]1C[C@@H]2C[C@@H]2C1)C(C)(C)C)C(=O)OC. The Morgan fingerprint density at radius 1 is 1.03 bits per heavy atom. The Labute approximate surface area is 379 Å². The first-order valence-corrected chi connectivity index (χ1v) is 24.0. The quantitative estimate of drug-likeness (QED) is 0.122. The number of nitrogens with zero attached hydrogens (tertiary/aromatic N) is 4. The number of fused-ring (bicyclic) bond motifs is 2. The summed E-state index contributed by atoms with van der Waals surface area (Å²) in [7, 11) is 1.41. The first kappa shape index (κ1) is 45.6. The molecule has 3 saturated carbocycles. The van der Waals surface area contributed by atoms with Gasteiger partial charge in [0.2, 0.25) is 5.91 Å². The number of amides is 2. The van der Waals surface area contributed by atoms with E-state index in [0.717, 1.165) is 44.0 Å². The number of aromatic nitrogens is 2. The average molecular weight is 911 g/mol. The van der Waals surface area contributed by atoms with Crippen molar-refractivity contribution in [3.63, 3.8) is 0 Å². The molecule has 2 saturated heterocycles. The van der Waals surface area contributed by atoms with Crippen LogP contribution >= 0.6 is 22.9 Å². The Morgan fingerprint density at radius 2 is 1.79 bits per heavy atom. The summed E-state index contributed by atoms with van der Waals surface area (Å²) in [6, 6.07) is 4.58. The maximum atomic E-state index is 14.9. The van der Waals surface area contributed by atoms with E-state index in [1.54, 1.807) is 4.90 Å². The lowest BCUT2D eigenvalue weighted by Gasteiger charge is -2.36. The number of nitrogens with one attached hydrogen (secondary N) is 3. The Morgan fingerprint density at radius 3 is 2.48 bits per heavy atom. The molecule has 0 bridgehead atoms. The van der Waals surface area contributed by atoms with Crippen molar-refractivity contribution in [1.29, 1.82) is 0 Å².